The van der Waals surface area contributed by atoms with Crippen LogP contribution in [-0.4, -0.2) is 26.1 Å². The maximum Gasteiger partial charge on any atom is 0.242 e. The van der Waals surface area contributed by atoms with Crippen molar-refractivity contribution in [1.29, 1.82) is 0 Å². The van der Waals surface area contributed by atoms with Gasteiger partial charge in [0.15, 0.2) is 0 Å². The van der Waals surface area contributed by atoms with Crippen LogP contribution in [0.5, 0.6) is 0 Å². The minimum absolute atomic E-state index is 0.365. The average Bonchev–Trinajstić information content (AvgIpc) is 2.85. The van der Waals surface area contributed by atoms with Crippen LogP contribution < -0.4 is 10.0 Å². The quantitative estimate of drug-likeness (QED) is 0.650. The Morgan fingerprint density at radius 1 is 1.20 bits per heavy atom. The van der Waals surface area contributed by atoms with Gasteiger partial charge in [-0.05, 0) is 26.0 Å². The zero-order chi connectivity index (χ0) is 15.0. The fraction of sp³-hybridized carbons (Fsp3) is 0.714. The third-order valence-electron chi connectivity index (χ3n) is 3.24. The Labute approximate surface area is 122 Å². The van der Waals surface area contributed by atoms with Gasteiger partial charge in [0.2, 0.25) is 10.0 Å². The van der Waals surface area contributed by atoms with E-state index in [1.165, 1.54) is 0 Å². The van der Waals surface area contributed by atoms with E-state index in [-0.39, 0.29) is 0 Å². The summed E-state index contributed by atoms with van der Waals surface area (Å²) in [7, 11) is -3.38. The molecule has 0 amide bonds. The molecule has 0 fully saturated rings. The minimum atomic E-state index is -3.38. The van der Waals surface area contributed by atoms with Crippen LogP contribution in [0, 0.1) is 0 Å². The monoisotopic (exact) mass is 301 g/mol. The van der Waals surface area contributed by atoms with Crippen molar-refractivity contribution >= 4 is 10.0 Å². The Morgan fingerprint density at radius 3 is 2.55 bits per heavy atom. The summed E-state index contributed by atoms with van der Waals surface area (Å²) in [6.07, 6.45) is 4.73. The molecule has 0 aliphatic carbocycles. The number of hydrogen-bond donors (Lipinski definition) is 2. The normalized spacial score (nSPS) is 11.9. The standard InChI is InChI=1S/C14H27N3O2S/c1-4-7-8-9-16-20(18,19)14-10-13(11-15-5-2)17(6-3)12-14/h10,12,15-16H,4-9,11H2,1-3H3. The van der Waals surface area contributed by atoms with E-state index in [4.69, 9.17) is 0 Å². The lowest BCUT2D eigenvalue weighted by atomic mass is 10.3. The topological polar surface area (TPSA) is 63.1 Å². The predicted octanol–water partition coefficient (Wildman–Crippen LogP) is 2.09. The number of rotatable bonds is 10. The highest BCUT2D eigenvalue weighted by Crippen LogP contribution is 2.14. The summed E-state index contributed by atoms with van der Waals surface area (Å²) >= 11 is 0. The van der Waals surface area contributed by atoms with Crippen LogP contribution in [0.3, 0.4) is 0 Å². The van der Waals surface area contributed by atoms with Crippen molar-refractivity contribution in [1.82, 2.24) is 14.6 Å². The van der Waals surface area contributed by atoms with Crippen molar-refractivity contribution in [3.8, 4) is 0 Å². The maximum absolute atomic E-state index is 12.2. The number of nitrogens with zero attached hydrogens (tertiary/aromatic N) is 1. The van der Waals surface area contributed by atoms with Crippen LogP contribution in [0.1, 0.15) is 45.7 Å². The first-order valence-corrected chi connectivity index (χ1v) is 8.92. The van der Waals surface area contributed by atoms with Crippen molar-refractivity contribution < 1.29 is 8.42 Å². The van der Waals surface area contributed by atoms with Gasteiger partial charge in [-0.3, -0.25) is 0 Å². The smallest absolute Gasteiger partial charge is 0.242 e. The first-order valence-electron chi connectivity index (χ1n) is 7.44. The Bertz CT molecular complexity index is 495. The second kappa shape index (κ2) is 8.44. The number of nitrogens with one attached hydrogen (secondary N) is 2. The highest BCUT2D eigenvalue weighted by molar-refractivity contribution is 7.89. The lowest BCUT2D eigenvalue weighted by Crippen LogP contribution is -2.24. The van der Waals surface area contributed by atoms with Gasteiger partial charge < -0.3 is 9.88 Å². The highest BCUT2D eigenvalue weighted by atomic mass is 32.2. The average molecular weight is 301 g/mol. The molecule has 1 aromatic heterocycles. The van der Waals surface area contributed by atoms with Crippen LogP contribution in [0.15, 0.2) is 17.2 Å². The molecule has 2 N–H and O–H groups in total. The van der Waals surface area contributed by atoms with Gasteiger partial charge in [-0.25, -0.2) is 13.1 Å². The molecule has 5 nitrogen and oxygen atoms in total. The molecule has 6 heteroatoms. The molecule has 0 bridgehead atoms. The highest BCUT2D eigenvalue weighted by Gasteiger charge is 2.17. The maximum atomic E-state index is 12.2. The number of aryl methyl sites for hydroxylation is 1. The van der Waals surface area contributed by atoms with Gasteiger partial charge in [0.05, 0.1) is 4.90 Å². The lowest BCUT2D eigenvalue weighted by molar-refractivity contribution is 0.575. The SMILES string of the molecule is CCCCCNS(=O)(=O)c1cc(CNCC)n(CC)c1. The van der Waals surface area contributed by atoms with Gasteiger partial charge in [0.1, 0.15) is 0 Å². The number of unbranched alkanes of at least 4 members (excludes halogenated alkanes) is 2. The number of aromatic nitrogens is 1. The van der Waals surface area contributed by atoms with Gasteiger partial charge >= 0.3 is 0 Å². The Balaban J connectivity index is 2.76. The van der Waals surface area contributed by atoms with Crippen LogP contribution in [-0.2, 0) is 23.1 Å². The van der Waals surface area contributed by atoms with E-state index in [2.05, 4.69) is 17.0 Å². The summed E-state index contributed by atoms with van der Waals surface area (Å²) < 4.78 is 29.1. The molecule has 1 rings (SSSR count). The van der Waals surface area contributed by atoms with Gasteiger partial charge in [-0.15, -0.1) is 0 Å². The molecule has 0 saturated carbocycles. The second-order valence-corrected chi connectivity index (χ2v) is 6.61. The molecule has 0 radical (unpaired) electrons. The predicted molar refractivity (Wildman–Crippen MR) is 82.2 cm³/mol. The Kier molecular flexibility index (Phi) is 7.26. The van der Waals surface area contributed by atoms with E-state index >= 15 is 0 Å². The molecule has 1 aromatic rings. The van der Waals surface area contributed by atoms with E-state index in [0.717, 1.165) is 38.0 Å². The third kappa shape index (κ3) is 4.92. The minimum Gasteiger partial charge on any atom is -0.349 e. The van der Waals surface area contributed by atoms with Crippen molar-refractivity contribution in [3.05, 3.63) is 18.0 Å². The first kappa shape index (κ1) is 17.2. The van der Waals surface area contributed by atoms with Crippen molar-refractivity contribution in [2.45, 2.75) is 58.0 Å². The van der Waals surface area contributed by atoms with Crippen LogP contribution in [0.4, 0.5) is 0 Å². The summed E-state index contributed by atoms with van der Waals surface area (Å²) in [5.74, 6) is 0. The fourth-order valence-electron chi connectivity index (χ4n) is 2.03. The van der Waals surface area contributed by atoms with Crippen molar-refractivity contribution in [3.63, 3.8) is 0 Å². The molecule has 0 aliphatic heterocycles. The molecular weight excluding hydrogens is 274 g/mol. The number of hydrogen-bond acceptors (Lipinski definition) is 3. The first-order chi connectivity index (χ1) is 9.55. The summed E-state index contributed by atoms with van der Waals surface area (Å²) in [6.45, 7) is 8.99. The van der Waals surface area contributed by atoms with Gasteiger partial charge in [-0.2, -0.15) is 0 Å². The van der Waals surface area contributed by atoms with Gasteiger partial charge in [0, 0.05) is 31.5 Å². The third-order valence-corrected chi connectivity index (χ3v) is 4.67. The molecule has 0 aromatic carbocycles. The Morgan fingerprint density at radius 2 is 1.95 bits per heavy atom. The van der Waals surface area contributed by atoms with E-state index in [1.807, 2.05) is 18.4 Å². The fourth-order valence-corrected chi connectivity index (χ4v) is 3.17. The molecular formula is C14H27N3O2S. The zero-order valence-corrected chi connectivity index (χ0v) is 13.6. The van der Waals surface area contributed by atoms with Gasteiger partial charge in [-0.1, -0.05) is 26.7 Å². The molecule has 20 heavy (non-hydrogen) atoms. The Hall–Kier alpha value is -0.850. The largest absolute Gasteiger partial charge is 0.349 e. The van der Waals surface area contributed by atoms with Crippen molar-refractivity contribution in [2.24, 2.45) is 0 Å². The lowest BCUT2D eigenvalue weighted by Gasteiger charge is -2.05. The van der Waals surface area contributed by atoms with E-state index in [1.54, 1.807) is 12.3 Å². The molecule has 0 spiro atoms. The van der Waals surface area contributed by atoms with Crippen molar-refractivity contribution in [2.75, 3.05) is 13.1 Å². The van der Waals surface area contributed by atoms with Gasteiger partial charge in [0.25, 0.3) is 0 Å². The summed E-state index contributed by atoms with van der Waals surface area (Å²) in [6, 6.07) is 1.76. The van der Waals surface area contributed by atoms with Crippen LogP contribution >= 0.6 is 0 Å². The van der Waals surface area contributed by atoms with E-state index < -0.39 is 10.0 Å². The van der Waals surface area contributed by atoms with E-state index in [9.17, 15) is 8.42 Å². The molecule has 0 atom stereocenters. The molecule has 0 saturated heterocycles. The van der Waals surface area contributed by atoms with E-state index in [0.29, 0.717) is 18.0 Å². The number of sulfonamides is 1. The molecule has 1 heterocycles. The summed E-state index contributed by atoms with van der Waals surface area (Å²) in [5, 5.41) is 3.23. The molecule has 0 unspecified atom stereocenters. The van der Waals surface area contributed by atoms with Crippen LogP contribution in [0.25, 0.3) is 0 Å². The summed E-state index contributed by atoms with van der Waals surface area (Å²) in [4.78, 5) is 0.365. The molecule has 0 aliphatic rings. The zero-order valence-electron chi connectivity index (χ0n) is 12.8. The second-order valence-electron chi connectivity index (χ2n) is 4.84. The summed E-state index contributed by atoms with van der Waals surface area (Å²) in [5.41, 5.74) is 1.00. The van der Waals surface area contributed by atoms with Crippen LogP contribution in [0.2, 0.25) is 0 Å². The molecule has 116 valence electrons.